The summed E-state index contributed by atoms with van der Waals surface area (Å²) in [4.78, 5) is 18.0. The number of benzene rings is 1. The number of carbonyl (C=O) groups is 1. The number of methoxy groups -OCH3 is 1. The van der Waals surface area contributed by atoms with Gasteiger partial charge in [-0.2, -0.15) is 0 Å². The number of nitrogens with one attached hydrogen (secondary N) is 1. The van der Waals surface area contributed by atoms with E-state index in [1.165, 1.54) is 13.2 Å². The Morgan fingerprint density at radius 1 is 1.46 bits per heavy atom. The Kier molecular flexibility index (Phi) is 5.22. The standard InChI is InChI=1S/C17H21FN4O2/c1-24-11-17(23)20-7-15-10-21(9-14-6-19-12-22(14)15)8-13-4-2-3-5-16(13)18/h2-6,12,15H,7-11H2,1H3,(H,20,23). The molecule has 6 nitrogen and oxygen atoms in total. The maximum absolute atomic E-state index is 13.9. The second-order valence-electron chi connectivity index (χ2n) is 5.94. The molecule has 0 radical (unpaired) electrons. The van der Waals surface area contributed by atoms with Crippen LogP contribution in [-0.2, 0) is 22.6 Å². The number of carbonyl (C=O) groups excluding carboxylic acids is 1. The van der Waals surface area contributed by atoms with Gasteiger partial charge in [0, 0.05) is 45.0 Å². The van der Waals surface area contributed by atoms with Crippen LogP contribution in [0.15, 0.2) is 36.8 Å². The van der Waals surface area contributed by atoms with Crippen molar-refractivity contribution < 1.29 is 13.9 Å². The minimum atomic E-state index is -0.193. The molecular formula is C17H21FN4O2. The average molecular weight is 332 g/mol. The van der Waals surface area contributed by atoms with Crippen LogP contribution >= 0.6 is 0 Å². The first-order valence-corrected chi connectivity index (χ1v) is 7.89. The molecular weight excluding hydrogens is 311 g/mol. The van der Waals surface area contributed by atoms with Gasteiger partial charge in [-0.15, -0.1) is 0 Å². The number of amides is 1. The van der Waals surface area contributed by atoms with Crippen molar-refractivity contribution in [3.05, 3.63) is 53.9 Å². The lowest BCUT2D eigenvalue weighted by Crippen LogP contribution is -2.42. The van der Waals surface area contributed by atoms with Crippen molar-refractivity contribution in [2.24, 2.45) is 0 Å². The molecule has 0 saturated carbocycles. The highest BCUT2D eigenvalue weighted by molar-refractivity contribution is 5.77. The summed E-state index contributed by atoms with van der Waals surface area (Å²) < 4.78 is 20.8. The molecule has 1 atom stereocenters. The molecule has 1 aliphatic heterocycles. The summed E-state index contributed by atoms with van der Waals surface area (Å²) in [5.74, 6) is -0.341. The molecule has 1 N–H and O–H groups in total. The van der Waals surface area contributed by atoms with Crippen LogP contribution in [0.1, 0.15) is 17.3 Å². The molecule has 1 aliphatic rings. The Morgan fingerprint density at radius 3 is 3.08 bits per heavy atom. The maximum atomic E-state index is 13.9. The molecule has 1 amide bonds. The SMILES string of the molecule is COCC(=O)NCC1CN(Cc2ccccc2F)Cc2cncn21. The van der Waals surface area contributed by atoms with Crippen molar-refractivity contribution in [2.75, 3.05) is 26.8 Å². The fraction of sp³-hybridized carbons (Fsp3) is 0.412. The second kappa shape index (κ2) is 7.55. The number of aromatic nitrogens is 2. The number of rotatable bonds is 6. The molecule has 0 spiro atoms. The molecule has 1 unspecified atom stereocenters. The molecule has 0 bridgehead atoms. The van der Waals surface area contributed by atoms with E-state index in [-0.39, 0.29) is 24.4 Å². The minimum absolute atomic E-state index is 0.0441. The first kappa shape index (κ1) is 16.6. The molecule has 1 aromatic heterocycles. The lowest BCUT2D eigenvalue weighted by atomic mass is 10.1. The zero-order valence-electron chi connectivity index (χ0n) is 13.6. The smallest absolute Gasteiger partial charge is 0.246 e. The average Bonchev–Trinajstić information content (AvgIpc) is 3.04. The van der Waals surface area contributed by atoms with Crippen molar-refractivity contribution in [1.29, 1.82) is 0 Å². The molecule has 128 valence electrons. The van der Waals surface area contributed by atoms with Gasteiger partial charge in [-0.05, 0) is 6.07 Å². The van der Waals surface area contributed by atoms with Crippen LogP contribution in [0.2, 0.25) is 0 Å². The van der Waals surface area contributed by atoms with E-state index in [4.69, 9.17) is 4.74 Å². The molecule has 0 fully saturated rings. The predicted molar refractivity (Wildman–Crippen MR) is 86.7 cm³/mol. The normalized spacial score (nSPS) is 17.5. The molecule has 3 rings (SSSR count). The van der Waals surface area contributed by atoms with E-state index in [1.807, 2.05) is 12.3 Å². The van der Waals surface area contributed by atoms with Crippen LogP contribution in [0.4, 0.5) is 4.39 Å². The highest BCUT2D eigenvalue weighted by atomic mass is 19.1. The Hall–Kier alpha value is -2.25. The van der Waals surface area contributed by atoms with Crippen molar-refractivity contribution in [3.8, 4) is 0 Å². The minimum Gasteiger partial charge on any atom is -0.375 e. The topological polar surface area (TPSA) is 59.4 Å². The summed E-state index contributed by atoms with van der Waals surface area (Å²) >= 11 is 0. The van der Waals surface area contributed by atoms with E-state index in [1.54, 1.807) is 18.5 Å². The molecule has 1 aromatic carbocycles. The van der Waals surface area contributed by atoms with Gasteiger partial charge in [0.15, 0.2) is 0 Å². The third-order valence-electron chi connectivity index (χ3n) is 4.16. The first-order valence-electron chi connectivity index (χ1n) is 7.89. The number of imidazole rings is 1. The number of nitrogens with zero attached hydrogens (tertiary/aromatic N) is 3. The summed E-state index contributed by atoms with van der Waals surface area (Å²) in [6, 6.07) is 6.87. The Labute approximate surface area is 140 Å². The molecule has 0 aliphatic carbocycles. The molecule has 24 heavy (non-hydrogen) atoms. The van der Waals surface area contributed by atoms with Crippen LogP contribution in [0, 0.1) is 5.82 Å². The predicted octanol–water partition coefficient (Wildman–Crippen LogP) is 1.34. The van der Waals surface area contributed by atoms with Gasteiger partial charge in [0.1, 0.15) is 12.4 Å². The van der Waals surface area contributed by atoms with E-state index < -0.39 is 0 Å². The van der Waals surface area contributed by atoms with Crippen molar-refractivity contribution in [2.45, 2.75) is 19.1 Å². The summed E-state index contributed by atoms with van der Waals surface area (Å²) in [7, 11) is 1.49. The van der Waals surface area contributed by atoms with Crippen LogP contribution in [0.25, 0.3) is 0 Å². The quantitative estimate of drug-likeness (QED) is 0.867. The maximum Gasteiger partial charge on any atom is 0.246 e. The van der Waals surface area contributed by atoms with E-state index in [9.17, 15) is 9.18 Å². The van der Waals surface area contributed by atoms with Crippen molar-refractivity contribution in [3.63, 3.8) is 0 Å². The fourth-order valence-corrected chi connectivity index (χ4v) is 3.03. The van der Waals surface area contributed by atoms with Crippen LogP contribution in [0.3, 0.4) is 0 Å². The van der Waals surface area contributed by atoms with Gasteiger partial charge in [0.25, 0.3) is 0 Å². The zero-order valence-corrected chi connectivity index (χ0v) is 13.6. The van der Waals surface area contributed by atoms with Gasteiger partial charge in [-0.3, -0.25) is 9.69 Å². The molecule has 2 aromatic rings. The number of halogens is 1. The van der Waals surface area contributed by atoms with Gasteiger partial charge in [-0.1, -0.05) is 18.2 Å². The third kappa shape index (κ3) is 3.80. The van der Waals surface area contributed by atoms with Gasteiger partial charge >= 0.3 is 0 Å². The lowest BCUT2D eigenvalue weighted by molar-refractivity contribution is -0.124. The van der Waals surface area contributed by atoms with Crippen LogP contribution in [-0.4, -0.2) is 47.2 Å². The highest BCUT2D eigenvalue weighted by Gasteiger charge is 2.25. The first-order chi connectivity index (χ1) is 11.7. The number of hydrogen-bond donors (Lipinski definition) is 1. The van der Waals surface area contributed by atoms with E-state index in [2.05, 4.69) is 19.8 Å². The highest BCUT2D eigenvalue weighted by Crippen LogP contribution is 2.22. The van der Waals surface area contributed by atoms with E-state index in [0.29, 0.717) is 31.7 Å². The third-order valence-corrected chi connectivity index (χ3v) is 4.16. The van der Waals surface area contributed by atoms with Crippen molar-refractivity contribution >= 4 is 5.91 Å². The van der Waals surface area contributed by atoms with Crippen LogP contribution in [0.5, 0.6) is 0 Å². The summed E-state index contributed by atoms with van der Waals surface area (Å²) in [6.07, 6.45) is 3.60. The Morgan fingerprint density at radius 2 is 2.29 bits per heavy atom. The largest absolute Gasteiger partial charge is 0.375 e. The van der Waals surface area contributed by atoms with Gasteiger partial charge in [0.2, 0.25) is 5.91 Å². The van der Waals surface area contributed by atoms with E-state index >= 15 is 0 Å². The van der Waals surface area contributed by atoms with Crippen molar-refractivity contribution in [1.82, 2.24) is 19.8 Å². The monoisotopic (exact) mass is 332 g/mol. The summed E-state index contributed by atoms with van der Waals surface area (Å²) in [5, 5.41) is 2.87. The van der Waals surface area contributed by atoms with Crippen LogP contribution < -0.4 is 5.32 Å². The zero-order chi connectivity index (χ0) is 16.9. The number of fused-ring (bicyclic) bond motifs is 1. The summed E-state index contributed by atoms with van der Waals surface area (Å²) in [6.45, 7) is 2.48. The van der Waals surface area contributed by atoms with Gasteiger partial charge in [-0.25, -0.2) is 9.37 Å². The molecule has 2 heterocycles. The number of hydrogen-bond acceptors (Lipinski definition) is 4. The van der Waals surface area contributed by atoms with Gasteiger partial charge in [0.05, 0.1) is 18.1 Å². The van der Waals surface area contributed by atoms with Gasteiger partial charge < -0.3 is 14.6 Å². The molecule has 7 heteroatoms. The fourth-order valence-electron chi connectivity index (χ4n) is 3.03. The second-order valence-corrected chi connectivity index (χ2v) is 5.94. The lowest BCUT2D eigenvalue weighted by Gasteiger charge is -2.34. The summed E-state index contributed by atoms with van der Waals surface area (Å²) in [5.41, 5.74) is 1.73. The Bertz CT molecular complexity index is 703. The molecule has 0 saturated heterocycles. The number of ether oxygens (including phenoxy) is 1. The Balaban J connectivity index is 1.69. The van der Waals surface area contributed by atoms with E-state index in [0.717, 1.165) is 5.69 Å².